The van der Waals surface area contributed by atoms with Crippen LogP contribution in [0.5, 0.6) is 5.75 Å². The molecule has 2 N–H and O–H groups in total. The maximum absolute atomic E-state index is 9.79. The number of rotatable bonds is 5. The monoisotopic (exact) mass is 300 g/mol. The molecule has 6 heteroatoms. The van der Waals surface area contributed by atoms with E-state index in [-0.39, 0.29) is 10.8 Å². The number of hydrogen-bond donors (Lipinski definition) is 2. The van der Waals surface area contributed by atoms with Crippen LogP contribution in [0.4, 0.5) is 0 Å². The number of benzene rings is 1. The molecule has 0 spiro atoms. The SMILES string of the molecule is CCc1cnc(CNCc2cc(Cl)cc(Cl)c2O)o1. The minimum absolute atomic E-state index is 0.0419. The lowest BCUT2D eigenvalue weighted by Crippen LogP contribution is -2.13. The maximum atomic E-state index is 9.79. The molecule has 0 aliphatic carbocycles. The van der Waals surface area contributed by atoms with E-state index in [9.17, 15) is 5.11 Å². The number of aromatic nitrogens is 1. The fourth-order valence-corrected chi connectivity index (χ4v) is 2.19. The molecule has 0 fully saturated rings. The quantitative estimate of drug-likeness (QED) is 0.887. The van der Waals surface area contributed by atoms with Gasteiger partial charge in [-0.1, -0.05) is 30.1 Å². The van der Waals surface area contributed by atoms with Gasteiger partial charge in [0, 0.05) is 23.6 Å². The molecule has 0 saturated heterocycles. The lowest BCUT2D eigenvalue weighted by Gasteiger charge is -2.07. The van der Waals surface area contributed by atoms with Crippen LogP contribution in [0, 0.1) is 0 Å². The van der Waals surface area contributed by atoms with E-state index in [1.807, 2.05) is 6.92 Å². The number of halogens is 2. The largest absolute Gasteiger partial charge is 0.506 e. The summed E-state index contributed by atoms with van der Waals surface area (Å²) in [5, 5.41) is 13.6. The summed E-state index contributed by atoms with van der Waals surface area (Å²) in [5.41, 5.74) is 0.639. The van der Waals surface area contributed by atoms with Gasteiger partial charge in [0.15, 0.2) is 0 Å². The number of nitrogens with one attached hydrogen (secondary N) is 1. The highest BCUT2D eigenvalue weighted by Crippen LogP contribution is 2.30. The predicted molar refractivity (Wildman–Crippen MR) is 74.6 cm³/mol. The Kier molecular flexibility index (Phi) is 4.69. The fourth-order valence-electron chi connectivity index (χ4n) is 1.65. The van der Waals surface area contributed by atoms with Crippen molar-refractivity contribution >= 4 is 23.2 Å². The van der Waals surface area contributed by atoms with E-state index >= 15 is 0 Å². The Balaban J connectivity index is 1.95. The second-order valence-corrected chi connectivity index (χ2v) is 4.92. The van der Waals surface area contributed by atoms with Gasteiger partial charge in [0.2, 0.25) is 5.89 Å². The predicted octanol–water partition coefficient (Wildman–Crippen LogP) is 3.54. The van der Waals surface area contributed by atoms with E-state index in [1.165, 1.54) is 6.07 Å². The summed E-state index contributed by atoms with van der Waals surface area (Å²) >= 11 is 11.7. The summed E-state index contributed by atoms with van der Waals surface area (Å²) in [6.07, 6.45) is 2.53. The topological polar surface area (TPSA) is 58.3 Å². The number of aryl methyl sites for hydroxylation is 1. The van der Waals surface area contributed by atoms with Crippen molar-refractivity contribution in [2.75, 3.05) is 0 Å². The van der Waals surface area contributed by atoms with Crippen LogP contribution in [0.25, 0.3) is 0 Å². The van der Waals surface area contributed by atoms with Gasteiger partial charge in [-0.15, -0.1) is 0 Å². The number of phenolic OH excluding ortho intramolecular Hbond substituents is 1. The van der Waals surface area contributed by atoms with E-state index < -0.39 is 0 Å². The van der Waals surface area contributed by atoms with E-state index in [0.717, 1.165) is 12.2 Å². The molecule has 1 heterocycles. The minimum Gasteiger partial charge on any atom is -0.506 e. The molecule has 2 rings (SSSR count). The van der Waals surface area contributed by atoms with Gasteiger partial charge in [0.25, 0.3) is 0 Å². The molecule has 0 unspecified atom stereocenters. The van der Waals surface area contributed by atoms with Crippen molar-refractivity contribution in [3.05, 3.63) is 45.6 Å². The van der Waals surface area contributed by atoms with Gasteiger partial charge in [-0.3, -0.25) is 0 Å². The molecule has 102 valence electrons. The molecular weight excluding hydrogens is 287 g/mol. The fraction of sp³-hybridized carbons (Fsp3) is 0.308. The van der Waals surface area contributed by atoms with Gasteiger partial charge in [-0.2, -0.15) is 0 Å². The highest BCUT2D eigenvalue weighted by atomic mass is 35.5. The zero-order chi connectivity index (χ0) is 13.8. The number of nitrogens with zero attached hydrogens (tertiary/aromatic N) is 1. The molecule has 0 aliphatic heterocycles. The first kappa shape index (κ1) is 14.2. The summed E-state index contributed by atoms with van der Waals surface area (Å²) in [5.74, 6) is 1.51. The summed E-state index contributed by atoms with van der Waals surface area (Å²) in [7, 11) is 0. The molecule has 19 heavy (non-hydrogen) atoms. The Morgan fingerprint density at radius 1 is 1.32 bits per heavy atom. The normalized spacial score (nSPS) is 10.9. The van der Waals surface area contributed by atoms with Crippen molar-refractivity contribution in [2.24, 2.45) is 0 Å². The first-order valence-corrected chi connectivity index (χ1v) is 6.67. The van der Waals surface area contributed by atoms with Crippen LogP contribution in [0.2, 0.25) is 10.0 Å². The Hall–Kier alpha value is -1.23. The third-order valence-electron chi connectivity index (χ3n) is 2.65. The molecule has 2 aromatic rings. The van der Waals surface area contributed by atoms with E-state index in [1.54, 1.807) is 12.3 Å². The van der Waals surface area contributed by atoms with Gasteiger partial charge >= 0.3 is 0 Å². The Labute approximate surface area is 121 Å². The van der Waals surface area contributed by atoms with E-state index in [0.29, 0.717) is 29.6 Å². The van der Waals surface area contributed by atoms with Crippen LogP contribution in [0.3, 0.4) is 0 Å². The van der Waals surface area contributed by atoms with Gasteiger partial charge < -0.3 is 14.8 Å². The molecule has 0 bridgehead atoms. The number of oxazole rings is 1. The maximum Gasteiger partial charge on any atom is 0.208 e. The lowest BCUT2D eigenvalue weighted by atomic mass is 10.2. The van der Waals surface area contributed by atoms with Crippen molar-refractivity contribution in [3.8, 4) is 5.75 Å². The van der Waals surface area contributed by atoms with Crippen molar-refractivity contribution in [1.29, 1.82) is 0 Å². The number of phenols is 1. The standard InChI is InChI=1S/C13H14Cl2N2O2/c1-2-10-6-17-12(19-10)7-16-5-8-3-9(14)4-11(15)13(8)18/h3-4,6,16,18H,2,5,7H2,1H3. The molecule has 4 nitrogen and oxygen atoms in total. The van der Waals surface area contributed by atoms with Gasteiger partial charge in [0.05, 0.1) is 17.8 Å². The van der Waals surface area contributed by atoms with Crippen LogP contribution in [0.15, 0.2) is 22.7 Å². The first-order chi connectivity index (χ1) is 9.10. The molecule has 0 amide bonds. The molecule has 0 aliphatic rings. The minimum atomic E-state index is 0.0419. The highest BCUT2D eigenvalue weighted by molar-refractivity contribution is 6.35. The average molecular weight is 301 g/mol. The lowest BCUT2D eigenvalue weighted by molar-refractivity contribution is 0.433. The summed E-state index contributed by atoms with van der Waals surface area (Å²) in [6.45, 7) is 2.91. The molecule has 0 saturated carbocycles. The molecular formula is C13H14Cl2N2O2. The second-order valence-electron chi connectivity index (χ2n) is 4.07. The van der Waals surface area contributed by atoms with E-state index in [2.05, 4.69) is 10.3 Å². The molecule has 0 atom stereocenters. The van der Waals surface area contributed by atoms with E-state index in [4.69, 9.17) is 27.6 Å². The summed E-state index contributed by atoms with van der Waals surface area (Å²) in [6, 6.07) is 3.17. The van der Waals surface area contributed by atoms with Gasteiger partial charge in [-0.25, -0.2) is 4.98 Å². The number of aromatic hydroxyl groups is 1. The molecule has 0 radical (unpaired) electrons. The van der Waals surface area contributed by atoms with Gasteiger partial charge in [0.1, 0.15) is 11.5 Å². The molecule has 1 aromatic heterocycles. The Bertz CT molecular complexity index is 570. The van der Waals surface area contributed by atoms with Crippen LogP contribution in [-0.4, -0.2) is 10.1 Å². The zero-order valence-electron chi connectivity index (χ0n) is 10.4. The van der Waals surface area contributed by atoms with Crippen molar-refractivity contribution < 1.29 is 9.52 Å². The van der Waals surface area contributed by atoms with Gasteiger partial charge in [-0.05, 0) is 12.1 Å². The Morgan fingerprint density at radius 3 is 2.79 bits per heavy atom. The summed E-state index contributed by atoms with van der Waals surface area (Å²) < 4.78 is 5.46. The van der Waals surface area contributed by atoms with Crippen LogP contribution in [0.1, 0.15) is 24.1 Å². The first-order valence-electron chi connectivity index (χ1n) is 5.91. The van der Waals surface area contributed by atoms with Crippen LogP contribution >= 0.6 is 23.2 Å². The third-order valence-corrected chi connectivity index (χ3v) is 3.16. The third kappa shape index (κ3) is 3.62. The van der Waals surface area contributed by atoms with Crippen LogP contribution < -0.4 is 5.32 Å². The molecule has 1 aromatic carbocycles. The van der Waals surface area contributed by atoms with Crippen molar-refractivity contribution in [3.63, 3.8) is 0 Å². The van der Waals surface area contributed by atoms with Crippen LogP contribution in [-0.2, 0) is 19.5 Å². The van der Waals surface area contributed by atoms with Crippen molar-refractivity contribution in [1.82, 2.24) is 10.3 Å². The smallest absolute Gasteiger partial charge is 0.208 e. The second kappa shape index (κ2) is 6.28. The number of hydrogen-bond acceptors (Lipinski definition) is 4. The highest BCUT2D eigenvalue weighted by Gasteiger charge is 2.08. The zero-order valence-corrected chi connectivity index (χ0v) is 11.9. The van der Waals surface area contributed by atoms with Crippen molar-refractivity contribution in [2.45, 2.75) is 26.4 Å². The summed E-state index contributed by atoms with van der Waals surface area (Å²) in [4.78, 5) is 4.13. The average Bonchev–Trinajstić information content (AvgIpc) is 2.83. The Morgan fingerprint density at radius 2 is 2.11 bits per heavy atom.